The van der Waals surface area contributed by atoms with Gasteiger partial charge in [0, 0.05) is 7.05 Å². The highest BCUT2D eigenvalue weighted by molar-refractivity contribution is 7.88. The number of nitrogens with one attached hydrogen (secondary N) is 1. The predicted molar refractivity (Wildman–Crippen MR) is 70.8 cm³/mol. The van der Waals surface area contributed by atoms with E-state index in [2.05, 4.69) is 0 Å². The molecule has 10 heteroatoms. The van der Waals surface area contributed by atoms with E-state index in [4.69, 9.17) is 0 Å². The Labute approximate surface area is 125 Å². The summed E-state index contributed by atoms with van der Waals surface area (Å²) < 4.78 is 74.7. The number of hydrogen-bond donors (Lipinski definition) is 1. The van der Waals surface area contributed by atoms with Gasteiger partial charge in [-0.25, -0.2) is 12.8 Å². The van der Waals surface area contributed by atoms with Crippen LogP contribution in [0.2, 0.25) is 0 Å². The number of likely N-dealkylation sites (N-methyl/N-ethyl adjacent to an activating group) is 1. The first-order valence-electron chi connectivity index (χ1n) is 5.94. The second-order valence-corrected chi connectivity index (χ2v) is 6.70. The minimum Gasteiger partial charge on any atom is -0.340 e. The molecule has 0 aliphatic rings. The Kier molecular flexibility index (Phi) is 5.52. The molecule has 1 aromatic rings. The number of carbonyl (C=O) groups excluding carboxylic acids is 1. The van der Waals surface area contributed by atoms with E-state index in [1.165, 1.54) is 0 Å². The number of amides is 1. The van der Waals surface area contributed by atoms with Gasteiger partial charge in [0.05, 0.1) is 12.8 Å². The first kappa shape index (κ1) is 18.4. The van der Waals surface area contributed by atoms with Gasteiger partial charge < -0.3 is 5.32 Å². The molecule has 0 radical (unpaired) electrons. The van der Waals surface area contributed by atoms with E-state index >= 15 is 0 Å². The van der Waals surface area contributed by atoms with Gasteiger partial charge in [-0.1, -0.05) is 12.1 Å². The van der Waals surface area contributed by atoms with Crippen molar-refractivity contribution in [3.05, 3.63) is 35.6 Å². The molecule has 0 bridgehead atoms. The number of hydrogen-bond acceptors (Lipinski definition) is 3. The fourth-order valence-corrected chi connectivity index (χ4v) is 1.89. The lowest BCUT2D eigenvalue weighted by Gasteiger charge is -2.23. The average molecular weight is 342 g/mol. The van der Waals surface area contributed by atoms with Crippen molar-refractivity contribution in [3.63, 3.8) is 0 Å². The lowest BCUT2D eigenvalue weighted by atomic mass is 10.1. The third kappa shape index (κ3) is 5.26. The summed E-state index contributed by atoms with van der Waals surface area (Å²) in [6.45, 7) is -0.757. The summed E-state index contributed by atoms with van der Waals surface area (Å²) in [7, 11) is -2.63. The Balaban J connectivity index is 2.92. The van der Waals surface area contributed by atoms with E-state index in [1.54, 1.807) is 5.32 Å². The maximum atomic E-state index is 13.0. The zero-order chi connectivity index (χ0) is 17.1. The number of benzene rings is 1. The van der Waals surface area contributed by atoms with Crippen LogP contribution in [0.5, 0.6) is 0 Å². The van der Waals surface area contributed by atoms with E-state index in [9.17, 15) is 30.8 Å². The lowest BCUT2D eigenvalue weighted by Crippen LogP contribution is -2.43. The third-order valence-corrected chi connectivity index (χ3v) is 4.03. The number of halogens is 4. The van der Waals surface area contributed by atoms with Gasteiger partial charge >= 0.3 is 6.18 Å². The van der Waals surface area contributed by atoms with Gasteiger partial charge in [0.25, 0.3) is 0 Å². The summed E-state index contributed by atoms with van der Waals surface area (Å²) in [6.07, 6.45) is -3.99. The second kappa shape index (κ2) is 6.61. The van der Waals surface area contributed by atoms with Gasteiger partial charge in [-0.05, 0) is 17.7 Å². The molecular formula is C12H14F4N2O3S. The molecule has 0 aromatic heterocycles. The minimum atomic E-state index is -4.81. The zero-order valence-corrected chi connectivity index (χ0v) is 12.5. The maximum absolute atomic E-state index is 13.0. The molecule has 0 aliphatic heterocycles. The summed E-state index contributed by atoms with van der Waals surface area (Å²) in [4.78, 5) is 11.6. The summed E-state index contributed by atoms with van der Waals surface area (Å²) >= 11 is 0. The summed E-state index contributed by atoms with van der Waals surface area (Å²) in [6, 6.07) is 1.11. The molecule has 0 heterocycles. The van der Waals surface area contributed by atoms with Crippen molar-refractivity contribution in [3.8, 4) is 0 Å². The normalized spacial score (nSPS) is 14.0. The van der Waals surface area contributed by atoms with E-state index in [0.717, 1.165) is 37.6 Å². The summed E-state index contributed by atoms with van der Waals surface area (Å²) in [5, 5.41) is 1.70. The van der Waals surface area contributed by atoms with Crippen LogP contribution in [-0.2, 0) is 14.8 Å². The second-order valence-electron chi connectivity index (χ2n) is 4.61. The van der Waals surface area contributed by atoms with Crippen LogP contribution in [0.1, 0.15) is 11.6 Å². The fourth-order valence-electron chi connectivity index (χ4n) is 1.54. The molecule has 22 heavy (non-hydrogen) atoms. The van der Waals surface area contributed by atoms with Crippen LogP contribution in [0.15, 0.2) is 24.3 Å². The third-order valence-electron chi connectivity index (χ3n) is 2.77. The molecule has 0 fully saturated rings. The van der Waals surface area contributed by atoms with Crippen molar-refractivity contribution >= 4 is 15.9 Å². The standard InChI is InChI=1S/C12H14F4N2O3S/c1-18(22(2,20)21)7-10(19)17-11(12(14,15)16)8-3-5-9(13)6-4-8/h3-6,11H,7H2,1-2H3,(H,17,19)/t11-/m0/s1. The minimum absolute atomic E-state index is 0.357. The van der Waals surface area contributed by atoms with E-state index in [0.29, 0.717) is 4.31 Å². The van der Waals surface area contributed by atoms with Crippen LogP contribution in [0.3, 0.4) is 0 Å². The predicted octanol–water partition coefficient (Wildman–Crippen LogP) is 1.44. The van der Waals surface area contributed by atoms with Crippen molar-refractivity contribution < 1.29 is 30.8 Å². The average Bonchev–Trinajstić information content (AvgIpc) is 2.34. The van der Waals surface area contributed by atoms with Crippen LogP contribution in [0.25, 0.3) is 0 Å². The van der Waals surface area contributed by atoms with E-state index < -0.39 is 40.5 Å². The molecule has 0 spiro atoms. The smallest absolute Gasteiger partial charge is 0.340 e. The highest BCUT2D eigenvalue weighted by Gasteiger charge is 2.42. The van der Waals surface area contributed by atoms with Crippen LogP contribution < -0.4 is 5.32 Å². The molecular weight excluding hydrogens is 328 g/mol. The van der Waals surface area contributed by atoms with Crippen LogP contribution in [0, 0.1) is 5.82 Å². The molecule has 1 atom stereocenters. The van der Waals surface area contributed by atoms with Gasteiger partial charge in [0.1, 0.15) is 5.82 Å². The Morgan fingerprint density at radius 2 is 1.77 bits per heavy atom. The summed E-state index contributed by atoms with van der Waals surface area (Å²) in [5.41, 5.74) is -0.357. The number of nitrogens with zero attached hydrogens (tertiary/aromatic N) is 1. The van der Waals surface area contributed by atoms with Crippen molar-refractivity contribution in [1.82, 2.24) is 9.62 Å². The van der Waals surface area contributed by atoms with Gasteiger partial charge in [0.2, 0.25) is 15.9 Å². The van der Waals surface area contributed by atoms with Crippen molar-refractivity contribution in [2.45, 2.75) is 12.2 Å². The van der Waals surface area contributed by atoms with E-state index in [1.807, 2.05) is 0 Å². The zero-order valence-electron chi connectivity index (χ0n) is 11.7. The molecule has 124 valence electrons. The molecule has 1 rings (SSSR count). The topological polar surface area (TPSA) is 66.5 Å². The molecule has 1 amide bonds. The summed E-state index contributed by atoms with van der Waals surface area (Å²) in [5.74, 6) is -1.84. The van der Waals surface area contributed by atoms with Gasteiger partial charge in [0.15, 0.2) is 6.04 Å². The number of rotatable bonds is 5. The Morgan fingerprint density at radius 1 is 1.27 bits per heavy atom. The molecule has 1 N–H and O–H groups in total. The Morgan fingerprint density at radius 3 is 2.18 bits per heavy atom. The lowest BCUT2D eigenvalue weighted by molar-refractivity contribution is -0.163. The van der Waals surface area contributed by atoms with E-state index in [-0.39, 0.29) is 5.56 Å². The molecule has 1 aromatic carbocycles. The highest BCUT2D eigenvalue weighted by atomic mass is 32.2. The quantitative estimate of drug-likeness (QED) is 0.824. The monoisotopic (exact) mass is 342 g/mol. The number of alkyl halides is 3. The first-order chi connectivity index (χ1) is 9.91. The van der Waals surface area contributed by atoms with Crippen molar-refractivity contribution in [2.75, 3.05) is 19.8 Å². The molecule has 0 saturated carbocycles. The molecule has 5 nitrogen and oxygen atoms in total. The van der Waals surface area contributed by atoms with Crippen molar-refractivity contribution in [2.24, 2.45) is 0 Å². The highest BCUT2D eigenvalue weighted by Crippen LogP contribution is 2.32. The number of sulfonamides is 1. The maximum Gasteiger partial charge on any atom is 0.412 e. The van der Waals surface area contributed by atoms with Crippen LogP contribution in [0.4, 0.5) is 17.6 Å². The SMILES string of the molecule is CN(CC(=O)N[C@@H](c1ccc(F)cc1)C(F)(F)F)S(C)(=O)=O. The number of carbonyl (C=O) groups is 1. The molecule has 0 unspecified atom stereocenters. The largest absolute Gasteiger partial charge is 0.412 e. The molecule has 0 saturated heterocycles. The van der Waals surface area contributed by atoms with Crippen molar-refractivity contribution in [1.29, 1.82) is 0 Å². The molecule has 0 aliphatic carbocycles. The van der Waals surface area contributed by atoms with Gasteiger partial charge in [-0.2, -0.15) is 17.5 Å². The van der Waals surface area contributed by atoms with Gasteiger partial charge in [-0.15, -0.1) is 0 Å². The fraction of sp³-hybridized carbons (Fsp3) is 0.417. The first-order valence-corrected chi connectivity index (χ1v) is 7.79. The van der Waals surface area contributed by atoms with Crippen LogP contribution >= 0.6 is 0 Å². The Hall–Kier alpha value is -1.68. The van der Waals surface area contributed by atoms with Gasteiger partial charge in [-0.3, -0.25) is 4.79 Å². The van der Waals surface area contributed by atoms with Crippen LogP contribution in [-0.4, -0.2) is 44.7 Å². The Bertz CT molecular complexity index is 629.